The zero-order valence-corrected chi connectivity index (χ0v) is 23.6. The van der Waals surface area contributed by atoms with Crippen LogP contribution in [0.4, 0.5) is 17.1 Å². The molecule has 9 nitrogen and oxygen atoms in total. The molecule has 0 bridgehead atoms. The van der Waals surface area contributed by atoms with E-state index >= 15 is 0 Å². The van der Waals surface area contributed by atoms with E-state index in [0.29, 0.717) is 43.0 Å². The topological polar surface area (TPSA) is 123 Å². The van der Waals surface area contributed by atoms with Crippen molar-refractivity contribution >= 4 is 33.0 Å². The molecule has 10 heteroatoms. The second-order valence-corrected chi connectivity index (χ2v) is 11.9. The largest absolute Gasteiger partial charge is 0.367 e. The van der Waals surface area contributed by atoms with Crippen LogP contribution < -0.4 is 20.3 Å². The second-order valence-electron chi connectivity index (χ2n) is 10.4. The number of carbonyl (C=O) groups is 1. The smallest absolute Gasteiger partial charge is 0.254 e. The third-order valence-electron chi connectivity index (χ3n) is 7.80. The number of nitriles is 1. The van der Waals surface area contributed by atoms with Crippen LogP contribution in [0.2, 0.25) is 0 Å². The van der Waals surface area contributed by atoms with Crippen LogP contribution in [0, 0.1) is 25.2 Å². The highest BCUT2D eigenvalue weighted by atomic mass is 32.2. The summed E-state index contributed by atoms with van der Waals surface area (Å²) in [6.45, 7) is 7.57. The van der Waals surface area contributed by atoms with E-state index < -0.39 is 10.0 Å². The first kappa shape index (κ1) is 27.6. The highest BCUT2D eigenvalue weighted by Gasteiger charge is 2.30. The molecule has 1 amide bonds. The Morgan fingerprint density at radius 2 is 1.70 bits per heavy atom. The SMILES string of the molecule is Cc1cc(C)c(N(c2ccccc2C#N)[C@@H]2CCNC2)cc1C(=O)N1CCN(c2ccccc2S(N)(=O)=O)CC1. The van der Waals surface area contributed by atoms with Gasteiger partial charge in [0, 0.05) is 50.0 Å². The summed E-state index contributed by atoms with van der Waals surface area (Å²) in [6, 6.07) is 20.8. The van der Waals surface area contributed by atoms with Crippen molar-refractivity contribution in [1.29, 1.82) is 5.26 Å². The van der Waals surface area contributed by atoms with Crippen molar-refractivity contribution in [2.45, 2.75) is 31.2 Å². The summed E-state index contributed by atoms with van der Waals surface area (Å²) in [5, 5.41) is 18.7. The Morgan fingerprint density at radius 1 is 1.00 bits per heavy atom. The lowest BCUT2D eigenvalue weighted by Gasteiger charge is -2.37. The van der Waals surface area contributed by atoms with E-state index in [1.54, 1.807) is 18.2 Å². The standard InChI is InChI=1S/C30H34N6O3S/c1-21-17-22(2)28(36(24-11-12-33-20-24)26-8-4-3-7-23(26)19-31)18-25(21)30(37)35-15-13-34(14-16-35)27-9-5-6-10-29(27)40(32,38)39/h3-10,17-18,24,33H,11-16,20H2,1-2H3,(H2,32,38,39)/t24-/m1/s1. The van der Waals surface area contributed by atoms with Crippen molar-refractivity contribution in [3.63, 3.8) is 0 Å². The summed E-state index contributed by atoms with van der Waals surface area (Å²) in [4.78, 5) is 20.0. The third kappa shape index (κ3) is 5.41. The zero-order chi connectivity index (χ0) is 28.4. The van der Waals surface area contributed by atoms with Gasteiger partial charge in [0.1, 0.15) is 11.0 Å². The fourth-order valence-electron chi connectivity index (χ4n) is 5.77. The summed E-state index contributed by atoms with van der Waals surface area (Å²) in [5.74, 6) is -0.0591. The number of aryl methyl sites for hydroxylation is 2. The summed E-state index contributed by atoms with van der Waals surface area (Å²) >= 11 is 0. The molecule has 0 aromatic heterocycles. The van der Waals surface area contributed by atoms with Crippen LogP contribution in [0.5, 0.6) is 0 Å². The van der Waals surface area contributed by atoms with Gasteiger partial charge in [-0.25, -0.2) is 13.6 Å². The van der Waals surface area contributed by atoms with Crippen molar-refractivity contribution in [1.82, 2.24) is 10.2 Å². The van der Waals surface area contributed by atoms with Crippen molar-refractivity contribution in [2.24, 2.45) is 5.14 Å². The van der Waals surface area contributed by atoms with Gasteiger partial charge in [-0.15, -0.1) is 0 Å². The van der Waals surface area contributed by atoms with Gasteiger partial charge in [0.2, 0.25) is 10.0 Å². The van der Waals surface area contributed by atoms with Crippen LogP contribution in [0.25, 0.3) is 0 Å². The molecule has 0 radical (unpaired) electrons. The van der Waals surface area contributed by atoms with Crippen LogP contribution in [0.15, 0.2) is 65.6 Å². The maximum Gasteiger partial charge on any atom is 0.254 e. The van der Waals surface area contributed by atoms with Crippen molar-refractivity contribution in [3.05, 3.63) is 82.9 Å². The molecule has 3 N–H and O–H groups in total. The van der Waals surface area contributed by atoms with E-state index in [1.165, 1.54) is 6.07 Å². The molecule has 2 fully saturated rings. The Balaban J connectivity index is 1.44. The molecule has 3 aromatic carbocycles. The summed E-state index contributed by atoms with van der Waals surface area (Å²) in [5.41, 5.74) is 5.48. The Labute approximate surface area is 235 Å². The second kappa shape index (κ2) is 11.3. The van der Waals surface area contributed by atoms with Crippen molar-refractivity contribution < 1.29 is 13.2 Å². The predicted octanol–water partition coefficient (Wildman–Crippen LogP) is 3.28. The average molecular weight is 559 g/mol. The summed E-state index contributed by atoms with van der Waals surface area (Å²) in [6.07, 6.45) is 0.929. The number of rotatable bonds is 6. The first-order valence-electron chi connectivity index (χ1n) is 13.5. The van der Waals surface area contributed by atoms with Crippen molar-refractivity contribution in [2.75, 3.05) is 49.1 Å². The quantitative estimate of drug-likeness (QED) is 0.476. The minimum atomic E-state index is -3.86. The number of carbonyl (C=O) groups excluding carboxylic acids is 1. The Morgan fingerprint density at radius 3 is 2.38 bits per heavy atom. The van der Waals surface area contributed by atoms with Gasteiger partial charge in [-0.05, 0) is 68.3 Å². The number of primary sulfonamides is 1. The molecule has 2 heterocycles. The number of nitrogens with two attached hydrogens (primary N) is 1. The van der Waals surface area contributed by atoms with E-state index in [4.69, 9.17) is 5.14 Å². The Kier molecular flexibility index (Phi) is 7.81. The van der Waals surface area contributed by atoms with Crippen LogP contribution in [0.1, 0.15) is 33.5 Å². The lowest BCUT2D eigenvalue weighted by molar-refractivity contribution is 0.0746. The van der Waals surface area contributed by atoms with Crippen LogP contribution in [-0.2, 0) is 10.0 Å². The monoisotopic (exact) mass is 558 g/mol. The van der Waals surface area contributed by atoms with E-state index in [2.05, 4.69) is 16.3 Å². The van der Waals surface area contributed by atoms with Crippen LogP contribution in [-0.4, -0.2) is 64.5 Å². The molecule has 1 atom stereocenters. The zero-order valence-electron chi connectivity index (χ0n) is 22.8. The van der Waals surface area contributed by atoms with Gasteiger partial charge in [-0.1, -0.05) is 30.3 Å². The molecule has 2 aliphatic heterocycles. The minimum absolute atomic E-state index is 0.0591. The van der Waals surface area contributed by atoms with E-state index in [-0.39, 0.29) is 16.8 Å². The van der Waals surface area contributed by atoms with Crippen LogP contribution >= 0.6 is 0 Å². The number of hydrogen-bond donors (Lipinski definition) is 2. The van der Waals surface area contributed by atoms with Gasteiger partial charge in [0.05, 0.1) is 16.9 Å². The number of hydrogen-bond acceptors (Lipinski definition) is 7. The number of anilines is 3. The molecule has 0 unspecified atom stereocenters. The van der Waals surface area contributed by atoms with E-state index in [9.17, 15) is 18.5 Å². The number of benzene rings is 3. The number of nitrogens with zero attached hydrogens (tertiary/aromatic N) is 4. The summed E-state index contributed by atoms with van der Waals surface area (Å²) in [7, 11) is -3.86. The lowest BCUT2D eigenvalue weighted by atomic mass is 9.99. The number of sulfonamides is 1. The number of para-hydroxylation sites is 2. The molecule has 208 valence electrons. The van der Waals surface area contributed by atoms with Gasteiger partial charge < -0.3 is 20.0 Å². The average Bonchev–Trinajstić information content (AvgIpc) is 3.48. The number of nitrogens with one attached hydrogen (secondary N) is 1. The van der Waals surface area contributed by atoms with Crippen molar-refractivity contribution in [3.8, 4) is 6.07 Å². The molecule has 2 aliphatic rings. The fraction of sp³-hybridized carbons (Fsp3) is 0.333. The third-order valence-corrected chi connectivity index (χ3v) is 8.75. The Bertz CT molecular complexity index is 1570. The molecule has 5 rings (SSSR count). The number of amides is 1. The summed E-state index contributed by atoms with van der Waals surface area (Å²) < 4.78 is 24.2. The van der Waals surface area contributed by atoms with Gasteiger partial charge in [0.15, 0.2) is 0 Å². The molecule has 0 saturated carbocycles. The molecule has 0 spiro atoms. The first-order valence-corrected chi connectivity index (χ1v) is 15.0. The van der Waals surface area contributed by atoms with E-state index in [1.807, 2.05) is 60.0 Å². The maximum absolute atomic E-state index is 13.9. The minimum Gasteiger partial charge on any atom is -0.367 e. The molecular weight excluding hydrogens is 524 g/mol. The van der Waals surface area contributed by atoms with Gasteiger partial charge in [0.25, 0.3) is 5.91 Å². The highest BCUT2D eigenvalue weighted by Crippen LogP contribution is 2.36. The Hall–Kier alpha value is -3.91. The van der Waals surface area contributed by atoms with Gasteiger partial charge in [-0.3, -0.25) is 4.79 Å². The fourth-order valence-corrected chi connectivity index (χ4v) is 6.53. The van der Waals surface area contributed by atoms with Gasteiger partial charge in [-0.2, -0.15) is 5.26 Å². The van der Waals surface area contributed by atoms with E-state index in [0.717, 1.165) is 42.0 Å². The highest BCUT2D eigenvalue weighted by molar-refractivity contribution is 7.89. The molecule has 3 aromatic rings. The maximum atomic E-state index is 13.9. The normalized spacial score (nSPS) is 17.5. The van der Waals surface area contributed by atoms with Crippen LogP contribution in [0.3, 0.4) is 0 Å². The molecular formula is C30H34N6O3S. The lowest BCUT2D eigenvalue weighted by Crippen LogP contribution is -2.49. The first-order chi connectivity index (χ1) is 19.2. The van der Waals surface area contributed by atoms with Gasteiger partial charge >= 0.3 is 0 Å². The predicted molar refractivity (Wildman–Crippen MR) is 156 cm³/mol. The molecule has 0 aliphatic carbocycles. The number of piperazine rings is 1. The molecule has 40 heavy (non-hydrogen) atoms. The molecule has 2 saturated heterocycles.